The van der Waals surface area contributed by atoms with Crippen LogP contribution in [0.4, 0.5) is 5.13 Å². The molecule has 0 saturated carbocycles. The molecule has 0 aliphatic carbocycles. The maximum atomic E-state index is 12.2. The molecule has 0 aromatic carbocycles. The molecule has 2 amide bonds. The molecule has 120 valence electrons. The van der Waals surface area contributed by atoms with Crippen molar-refractivity contribution in [2.45, 2.75) is 33.6 Å². The van der Waals surface area contributed by atoms with Gasteiger partial charge in [0.05, 0.1) is 0 Å². The molecule has 1 N–H and O–H groups in total. The number of nitrogens with zero attached hydrogens (tertiary/aromatic N) is 2. The number of nitrogens with one attached hydrogen (secondary N) is 1. The zero-order valence-corrected chi connectivity index (χ0v) is 13.9. The first-order valence-electron chi connectivity index (χ1n) is 7.44. The second kappa shape index (κ2) is 7.00. The van der Waals surface area contributed by atoms with Crippen LogP contribution in [0.3, 0.4) is 0 Å². The van der Waals surface area contributed by atoms with E-state index in [-0.39, 0.29) is 29.4 Å². The lowest BCUT2D eigenvalue weighted by molar-refractivity contribution is -0.137. The number of rotatable bonds is 4. The molecule has 0 spiro atoms. The summed E-state index contributed by atoms with van der Waals surface area (Å²) in [6.07, 6.45) is 1.32. The van der Waals surface area contributed by atoms with Gasteiger partial charge >= 0.3 is 0 Å². The van der Waals surface area contributed by atoms with Gasteiger partial charge in [-0.2, -0.15) is 0 Å². The van der Waals surface area contributed by atoms with Crippen molar-refractivity contribution in [3.8, 4) is 0 Å². The third kappa shape index (κ3) is 3.91. The molecule has 0 unspecified atom stereocenters. The van der Waals surface area contributed by atoms with Crippen molar-refractivity contribution in [1.29, 1.82) is 0 Å². The molecular formula is C15H21N3O3S. The summed E-state index contributed by atoms with van der Waals surface area (Å²) in [5.41, 5.74) is 0.373. The Morgan fingerprint density at radius 3 is 2.45 bits per heavy atom. The van der Waals surface area contributed by atoms with E-state index in [1.54, 1.807) is 5.38 Å². The van der Waals surface area contributed by atoms with Crippen LogP contribution >= 0.6 is 11.3 Å². The molecule has 0 atom stereocenters. The molecule has 22 heavy (non-hydrogen) atoms. The molecule has 6 nitrogen and oxygen atoms in total. The van der Waals surface area contributed by atoms with Crippen LogP contribution in [0.1, 0.15) is 44.1 Å². The monoisotopic (exact) mass is 323 g/mol. The van der Waals surface area contributed by atoms with Crippen LogP contribution in [-0.2, 0) is 9.59 Å². The van der Waals surface area contributed by atoms with Gasteiger partial charge < -0.3 is 10.2 Å². The van der Waals surface area contributed by atoms with Crippen molar-refractivity contribution in [1.82, 2.24) is 9.88 Å². The van der Waals surface area contributed by atoms with Crippen molar-refractivity contribution in [2.24, 2.45) is 11.8 Å². The van der Waals surface area contributed by atoms with Crippen molar-refractivity contribution >= 4 is 34.1 Å². The van der Waals surface area contributed by atoms with E-state index in [0.717, 1.165) is 0 Å². The normalized spacial score (nSPS) is 15.9. The summed E-state index contributed by atoms with van der Waals surface area (Å²) in [5, 5.41) is 4.86. The standard InChI is InChI=1S/C15H21N3O3S/c1-9(2)14(21)18-6-4-11(5-7-18)13(20)17-15-16-12(8-22-15)10(3)19/h8-9,11H,4-7H2,1-3H3,(H,16,17,20). The Balaban J connectivity index is 1.87. The number of carbonyl (C=O) groups excluding carboxylic acids is 3. The minimum atomic E-state index is -0.114. The van der Waals surface area contributed by atoms with Gasteiger partial charge in [-0.15, -0.1) is 11.3 Å². The number of ketones is 1. The highest BCUT2D eigenvalue weighted by Crippen LogP contribution is 2.22. The summed E-state index contributed by atoms with van der Waals surface area (Å²) in [5.74, 6) is -0.171. The van der Waals surface area contributed by atoms with Crippen molar-refractivity contribution in [3.63, 3.8) is 0 Å². The molecule has 7 heteroatoms. The third-order valence-electron chi connectivity index (χ3n) is 3.77. The second-order valence-electron chi connectivity index (χ2n) is 5.84. The molecule has 0 radical (unpaired) electrons. The topological polar surface area (TPSA) is 79.4 Å². The molecule has 2 heterocycles. The summed E-state index contributed by atoms with van der Waals surface area (Å²) >= 11 is 1.25. The van der Waals surface area contributed by atoms with Gasteiger partial charge in [0.25, 0.3) is 0 Å². The van der Waals surface area contributed by atoms with Crippen molar-refractivity contribution in [2.75, 3.05) is 18.4 Å². The van der Waals surface area contributed by atoms with Crippen LogP contribution < -0.4 is 5.32 Å². The van der Waals surface area contributed by atoms with Gasteiger partial charge in [-0.05, 0) is 12.8 Å². The van der Waals surface area contributed by atoms with Crippen LogP contribution in [0, 0.1) is 11.8 Å². The number of carbonyl (C=O) groups is 3. The first-order chi connectivity index (χ1) is 10.4. The van der Waals surface area contributed by atoms with Crippen LogP contribution in [0.25, 0.3) is 0 Å². The zero-order chi connectivity index (χ0) is 16.3. The maximum absolute atomic E-state index is 12.2. The summed E-state index contributed by atoms with van der Waals surface area (Å²) in [6, 6.07) is 0. The van der Waals surface area contributed by atoms with E-state index in [2.05, 4.69) is 10.3 Å². The van der Waals surface area contributed by atoms with Gasteiger partial charge in [0.2, 0.25) is 11.8 Å². The van der Waals surface area contributed by atoms with Gasteiger partial charge in [-0.1, -0.05) is 13.8 Å². The van der Waals surface area contributed by atoms with Crippen molar-refractivity contribution < 1.29 is 14.4 Å². The number of piperidine rings is 1. The average Bonchev–Trinajstić information content (AvgIpc) is 2.95. The lowest BCUT2D eigenvalue weighted by atomic mass is 9.95. The van der Waals surface area contributed by atoms with Gasteiger partial charge in [0.1, 0.15) is 5.69 Å². The number of hydrogen-bond acceptors (Lipinski definition) is 5. The fourth-order valence-electron chi connectivity index (χ4n) is 2.43. The molecule has 1 aliphatic rings. The fourth-order valence-corrected chi connectivity index (χ4v) is 3.18. The smallest absolute Gasteiger partial charge is 0.229 e. The first-order valence-corrected chi connectivity index (χ1v) is 8.32. The quantitative estimate of drug-likeness (QED) is 0.861. The molecule has 1 fully saturated rings. The number of Topliss-reactive ketones (excluding diaryl/α,β-unsaturated/α-hetero) is 1. The lowest BCUT2D eigenvalue weighted by Crippen LogP contribution is -2.43. The van der Waals surface area contributed by atoms with E-state index in [0.29, 0.717) is 36.8 Å². The molecule has 0 bridgehead atoms. The summed E-state index contributed by atoms with van der Waals surface area (Å²) in [4.78, 5) is 41.2. The molecule has 2 rings (SSSR count). The third-order valence-corrected chi connectivity index (χ3v) is 4.52. The SMILES string of the molecule is CC(=O)c1csc(NC(=O)C2CCN(C(=O)C(C)C)CC2)n1. The van der Waals surface area contributed by atoms with Crippen molar-refractivity contribution in [3.05, 3.63) is 11.1 Å². The van der Waals surface area contributed by atoms with Crippen LogP contribution in [0.5, 0.6) is 0 Å². The number of amides is 2. The molecule has 1 aromatic rings. The van der Waals surface area contributed by atoms with E-state index in [9.17, 15) is 14.4 Å². The van der Waals surface area contributed by atoms with Gasteiger partial charge in [-0.3, -0.25) is 14.4 Å². The Bertz CT molecular complexity index is 574. The summed E-state index contributed by atoms with van der Waals surface area (Å²) < 4.78 is 0. The van der Waals surface area contributed by atoms with Gasteiger partial charge in [0.15, 0.2) is 10.9 Å². The highest BCUT2D eigenvalue weighted by Gasteiger charge is 2.28. The molecule has 1 saturated heterocycles. The van der Waals surface area contributed by atoms with E-state index in [1.807, 2.05) is 18.7 Å². The lowest BCUT2D eigenvalue weighted by Gasteiger charge is -2.32. The van der Waals surface area contributed by atoms with Gasteiger partial charge in [0, 0.05) is 37.2 Å². The highest BCUT2D eigenvalue weighted by molar-refractivity contribution is 7.14. The molecule has 1 aliphatic heterocycles. The maximum Gasteiger partial charge on any atom is 0.229 e. The fraction of sp³-hybridized carbons (Fsp3) is 0.600. The first kappa shape index (κ1) is 16.6. The number of aromatic nitrogens is 1. The summed E-state index contributed by atoms with van der Waals surface area (Å²) in [6.45, 7) is 6.45. The Kier molecular flexibility index (Phi) is 5.28. The van der Waals surface area contributed by atoms with Crippen LogP contribution in [-0.4, -0.2) is 40.6 Å². The summed E-state index contributed by atoms with van der Waals surface area (Å²) in [7, 11) is 0. The van der Waals surface area contributed by atoms with E-state index in [4.69, 9.17) is 0 Å². The predicted octanol–water partition coefficient (Wildman–Crippen LogP) is 2.18. The predicted molar refractivity (Wildman–Crippen MR) is 84.9 cm³/mol. The Morgan fingerprint density at radius 2 is 1.95 bits per heavy atom. The average molecular weight is 323 g/mol. The minimum Gasteiger partial charge on any atom is -0.342 e. The van der Waals surface area contributed by atoms with E-state index >= 15 is 0 Å². The Morgan fingerprint density at radius 1 is 1.32 bits per heavy atom. The Hall–Kier alpha value is -1.76. The minimum absolute atomic E-state index is 0.00861. The number of anilines is 1. The number of thiazole rings is 1. The zero-order valence-electron chi connectivity index (χ0n) is 13.1. The Labute approximate surface area is 133 Å². The van der Waals surface area contributed by atoms with Crippen LogP contribution in [0.15, 0.2) is 5.38 Å². The van der Waals surface area contributed by atoms with E-state index in [1.165, 1.54) is 18.3 Å². The highest BCUT2D eigenvalue weighted by atomic mass is 32.1. The van der Waals surface area contributed by atoms with Crippen LogP contribution in [0.2, 0.25) is 0 Å². The molecule has 1 aromatic heterocycles. The largest absolute Gasteiger partial charge is 0.342 e. The molecular weight excluding hydrogens is 302 g/mol. The number of likely N-dealkylation sites (tertiary alicyclic amines) is 1. The van der Waals surface area contributed by atoms with E-state index < -0.39 is 0 Å². The number of hydrogen-bond donors (Lipinski definition) is 1. The second-order valence-corrected chi connectivity index (χ2v) is 6.70. The van der Waals surface area contributed by atoms with Gasteiger partial charge in [-0.25, -0.2) is 4.98 Å².